The SMILES string of the molecule is CC(C)NP(=O)(O)OP(=O)(O)OP(=O)(O)OP(=O)(O)OC(C)(C)C. The van der Waals surface area contributed by atoms with Gasteiger partial charge in [0.15, 0.2) is 0 Å². The molecule has 5 N–H and O–H groups in total. The fourth-order valence-electron chi connectivity index (χ4n) is 1.14. The van der Waals surface area contributed by atoms with Crippen LogP contribution in [-0.2, 0) is 35.7 Å². The monoisotopic (exact) mass is 435 g/mol. The third-order valence-corrected chi connectivity index (χ3v) is 8.07. The molecule has 0 bridgehead atoms. The Labute approximate surface area is 138 Å². The third kappa shape index (κ3) is 12.0. The zero-order valence-corrected chi connectivity index (χ0v) is 17.0. The van der Waals surface area contributed by atoms with Crippen molar-refractivity contribution < 1.29 is 55.3 Å². The molecule has 0 aromatic carbocycles. The Morgan fingerprint density at radius 1 is 0.792 bits per heavy atom. The van der Waals surface area contributed by atoms with Crippen LogP contribution in [0.2, 0.25) is 0 Å². The summed E-state index contributed by atoms with van der Waals surface area (Å²) in [5, 5.41) is 1.88. The first-order chi connectivity index (χ1) is 10.2. The van der Waals surface area contributed by atoms with Gasteiger partial charge >= 0.3 is 31.2 Å². The molecule has 17 heteroatoms. The normalized spacial score (nSPS) is 23.1. The Morgan fingerprint density at radius 2 is 1.17 bits per heavy atom. The topological polar surface area (TPSA) is 198 Å². The van der Waals surface area contributed by atoms with Crippen molar-refractivity contribution in [1.82, 2.24) is 5.09 Å². The van der Waals surface area contributed by atoms with Gasteiger partial charge in [-0.2, -0.15) is 12.9 Å². The van der Waals surface area contributed by atoms with Crippen molar-refractivity contribution in [1.29, 1.82) is 0 Å². The van der Waals surface area contributed by atoms with Crippen LogP contribution in [0.3, 0.4) is 0 Å². The lowest BCUT2D eigenvalue weighted by Gasteiger charge is -2.24. The largest absolute Gasteiger partial charge is 0.490 e. The van der Waals surface area contributed by atoms with Crippen molar-refractivity contribution in [3.8, 4) is 0 Å². The zero-order valence-electron chi connectivity index (χ0n) is 13.4. The summed E-state index contributed by atoms with van der Waals surface area (Å²) in [6, 6.07) is -0.657. The van der Waals surface area contributed by atoms with Crippen LogP contribution in [0.5, 0.6) is 0 Å². The summed E-state index contributed by atoms with van der Waals surface area (Å²) in [5.74, 6) is 0. The van der Waals surface area contributed by atoms with Crippen molar-refractivity contribution in [2.45, 2.75) is 46.3 Å². The standard InChI is InChI=1S/C7H21NO12P4/c1-6(2)8-21(9,10)18-23(13,14)20-24(15,16)19-22(11,12)17-7(3,4)5/h6H,1-5H3,(H,11,12)(H,13,14)(H,15,16)(H2,8,9,10). The van der Waals surface area contributed by atoms with E-state index in [-0.39, 0.29) is 0 Å². The number of nitrogens with one attached hydrogen (secondary N) is 1. The molecule has 24 heavy (non-hydrogen) atoms. The van der Waals surface area contributed by atoms with E-state index in [1.54, 1.807) is 0 Å². The quantitative estimate of drug-likeness (QED) is 0.331. The second-order valence-corrected chi connectivity index (χ2v) is 11.9. The van der Waals surface area contributed by atoms with Gasteiger partial charge in [-0.05, 0) is 34.6 Å². The highest BCUT2D eigenvalue weighted by Crippen LogP contribution is 2.71. The van der Waals surface area contributed by atoms with E-state index < -0.39 is 42.9 Å². The fraction of sp³-hybridized carbons (Fsp3) is 1.00. The summed E-state index contributed by atoms with van der Waals surface area (Å²) in [7, 11) is -21.4. The van der Waals surface area contributed by atoms with Gasteiger partial charge in [-0.3, -0.25) is 4.52 Å². The molecule has 0 spiro atoms. The number of hydrogen-bond acceptors (Lipinski definition) is 8. The lowest BCUT2D eigenvalue weighted by Crippen LogP contribution is -2.20. The molecule has 0 saturated carbocycles. The summed E-state index contributed by atoms with van der Waals surface area (Å²) >= 11 is 0. The molecule has 146 valence electrons. The van der Waals surface area contributed by atoms with Gasteiger partial charge in [-0.15, -0.1) is 0 Å². The number of hydrogen-bond donors (Lipinski definition) is 5. The van der Waals surface area contributed by atoms with Gasteiger partial charge in [-0.25, -0.2) is 23.3 Å². The molecule has 0 amide bonds. The highest BCUT2D eigenvalue weighted by atomic mass is 31.3. The summed E-state index contributed by atoms with van der Waals surface area (Å²) in [6.07, 6.45) is 0. The minimum atomic E-state index is -5.68. The van der Waals surface area contributed by atoms with Crippen LogP contribution >= 0.6 is 31.2 Å². The Morgan fingerprint density at radius 3 is 1.54 bits per heavy atom. The van der Waals surface area contributed by atoms with Crippen LogP contribution in [0, 0.1) is 0 Å². The molecule has 0 aromatic heterocycles. The summed E-state index contributed by atoms with van der Waals surface area (Å²) in [4.78, 5) is 37.1. The molecule has 0 saturated heterocycles. The van der Waals surface area contributed by atoms with E-state index in [1.807, 2.05) is 5.09 Å². The van der Waals surface area contributed by atoms with Crippen LogP contribution < -0.4 is 5.09 Å². The Balaban J connectivity index is 5.08. The van der Waals surface area contributed by atoms with Gasteiger partial charge in [0.2, 0.25) is 0 Å². The first-order valence-electron chi connectivity index (χ1n) is 6.18. The predicted molar refractivity (Wildman–Crippen MR) is 81.7 cm³/mol. The van der Waals surface area contributed by atoms with Gasteiger partial charge in [-0.1, -0.05) is 0 Å². The van der Waals surface area contributed by atoms with Crippen LogP contribution in [0.4, 0.5) is 0 Å². The molecule has 4 unspecified atom stereocenters. The van der Waals surface area contributed by atoms with E-state index in [2.05, 4.69) is 17.5 Å². The molecule has 0 aliphatic heterocycles. The lowest BCUT2D eigenvalue weighted by atomic mass is 10.2. The average Bonchev–Trinajstić information content (AvgIpc) is 2.00. The Bertz CT molecular complexity index is 625. The third-order valence-electron chi connectivity index (χ3n) is 1.44. The molecule has 4 atom stereocenters. The fourth-order valence-corrected chi connectivity index (χ4v) is 6.79. The van der Waals surface area contributed by atoms with Gasteiger partial charge in [0.25, 0.3) is 0 Å². The summed E-state index contributed by atoms with van der Waals surface area (Å²) in [5.41, 5.74) is -1.27. The number of phosphoric acid groups is 3. The molecule has 0 aliphatic carbocycles. The van der Waals surface area contributed by atoms with E-state index in [4.69, 9.17) is 0 Å². The second-order valence-electron chi connectivity index (χ2n) is 5.66. The van der Waals surface area contributed by atoms with Crippen molar-refractivity contribution in [3.63, 3.8) is 0 Å². The Kier molecular flexibility index (Phi) is 8.25. The smallest absolute Gasteiger partial charge is 0.312 e. The maximum atomic E-state index is 11.5. The highest BCUT2D eigenvalue weighted by Gasteiger charge is 2.46. The maximum Gasteiger partial charge on any atom is 0.490 e. The highest BCUT2D eigenvalue weighted by molar-refractivity contribution is 7.70. The van der Waals surface area contributed by atoms with Crippen molar-refractivity contribution in [2.24, 2.45) is 0 Å². The van der Waals surface area contributed by atoms with Crippen LogP contribution in [-0.4, -0.2) is 31.2 Å². The molecule has 0 aromatic rings. The Hall–Kier alpha value is 0.560. The van der Waals surface area contributed by atoms with E-state index in [0.717, 1.165) is 0 Å². The molecule has 0 fully saturated rings. The van der Waals surface area contributed by atoms with Gasteiger partial charge in [0.1, 0.15) is 0 Å². The van der Waals surface area contributed by atoms with E-state index in [0.29, 0.717) is 0 Å². The second kappa shape index (κ2) is 8.06. The zero-order chi connectivity index (χ0) is 19.6. The van der Waals surface area contributed by atoms with Crippen molar-refractivity contribution in [2.75, 3.05) is 0 Å². The van der Waals surface area contributed by atoms with Crippen LogP contribution in [0.25, 0.3) is 0 Å². The van der Waals surface area contributed by atoms with Gasteiger partial charge in [0.05, 0.1) is 5.60 Å². The van der Waals surface area contributed by atoms with E-state index >= 15 is 0 Å². The average molecular weight is 435 g/mol. The molecule has 13 nitrogen and oxygen atoms in total. The molecule has 0 heterocycles. The number of rotatable bonds is 9. The minimum Gasteiger partial charge on any atom is -0.312 e. The molecular weight excluding hydrogens is 414 g/mol. The maximum absolute atomic E-state index is 11.5. The van der Waals surface area contributed by atoms with Crippen molar-refractivity contribution in [3.05, 3.63) is 0 Å². The van der Waals surface area contributed by atoms with Gasteiger partial charge < -0.3 is 19.6 Å². The summed E-state index contributed by atoms with van der Waals surface area (Å²) in [6.45, 7) is 6.77. The first-order valence-corrected chi connectivity index (χ1v) is 12.2. The molecular formula is C7H21NO12P4. The van der Waals surface area contributed by atoms with Crippen LogP contribution in [0.15, 0.2) is 0 Å². The van der Waals surface area contributed by atoms with Crippen molar-refractivity contribution >= 4 is 31.2 Å². The first kappa shape index (κ1) is 24.6. The lowest BCUT2D eigenvalue weighted by molar-refractivity contribution is 0.0788. The van der Waals surface area contributed by atoms with Crippen LogP contribution in [0.1, 0.15) is 34.6 Å². The number of phosphoric ester groups is 1. The summed E-state index contributed by atoms with van der Waals surface area (Å²) < 4.78 is 61.9. The predicted octanol–water partition coefficient (Wildman–Crippen LogP) is 2.25. The molecule has 0 rings (SSSR count). The minimum absolute atomic E-state index is 0.657. The van der Waals surface area contributed by atoms with E-state index in [9.17, 15) is 37.8 Å². The molecule has 0 radical (unpaired) electrons. The van der Waals surface area contributed by atoms with Gasteiger partial charge in [0, 0.05) is 6.04 Å². The molecule has 0 aliphatic rings. The van der Waals surface area contributed by atoms with E-state index in [1.165, 1.54) is 34.6 Å².